The van der Waals surface area contributed by atoms with Gasteiger partial charge in [0.05, 0.1) is 23.3 Å². The lowest BCUT2D eigenvalue weighted by Crippen LogP contribution is -2.23. The Balaban J connectivity index is 1.24. The molecule has 0 aliphatic carbocycles. The van der Waals surface area contributed by atoms with Gasteiger partial charge in [-0.25, -0.2) is 0 Å². The Bertz CT molecular complexity index is 1280. The van der Waals surface area contributed by atoms with Crippen LogP contribution in [0.3, 0.4) is 0 Å². The Morgan fingerprint density at radius 1 is 1.06 bits per heavy atom. The number of amides is 2. The molecule has 0 bridgehead atoms. The van der Waals surface area contributed by atoms with E-state index in [2.05, 4.69) is 20.5 Å². The van der Waals surface area contributed by atoms with Crippen LogP contribution in [0.15, 0.2) is 67.0 Å². The summed E-state index contributed by atoms with van der Waals surface area (Å²) < 4.78 is 0. The molecule has 0 saturated carbocycles. The van der Waals surface area contributed by atoms with Gasteiger partial charge in [0.15, 0.2) is 0 Å². The monoisotopic (exact) mass is 425 g/mol. The summed E-state index contributed by atoms with van der Waals surface area (Å²) in [4.78, 5) is 30.7. The fraction of sp³-hybridized carbons (Fsp3) is 0.200. The minimum atomic E-state index is -0.186. The molecule has 1 aliphatic heterocycles. The summed E-state index contributed by atoms with van der Waals surface area (Å²) >= 11 is 0. The molecule has 5 rings (SSSR count). The maximum atomic E-state index is 12.7. The molecule has 1 saturated heterocycles. The highest BCUT2D eigenvalue weighted by Crippen LogP contribution is 2.22. The van der Waals surface area contributed by atoms with Gasteiger partial charge < -0.3 is 10.2 Å². The zero-order valence-electron chi connectivity index (χ0n) is 17.5. The van der Waals surface area contributed by atoms with Gasteiger partial charge in [0.2, 0.25) is 5.91 Å². The number of para-hydroxylation sites is 1. The Kier molecular flexibility index (Phi) is 5.37. The van der Waals surface area contributed by atoms with Gasteiger partial charge in [0, 0.05) is 36.4 Å². The van der Waals surface area contributed by atoms with Crippen molar-refractivity contribution in [2.45, 2.75) is 25.8 Å². The Morgan fingerprint density at radius 3 is 2.72 bits per heavy atom. The molecule has 32 heavy (non-hydrogen) atoms. The van der Waals surface area contributed by atoms with Crippen LogP contribution in [-0.4, -0.2) is 33.5 Å². The summed E-state index contributed by atoms with van der Waals surface area (Å²) in [5.74, 6) is -0.00201. The summed E-state index contributed by atoms with van der Waals surface area (Å²) in [6.45, 7) is 1.12. The van der Waals surface area contributed by atoms with Crippen molar-refractivity contribution in [3.63, 3.8) is 0 Å². The molecule has 2 N–H and O–H groups in total. The topological polar surface area (TPSA) is 91.0 Å². The van der Waals surface area contributed by atoms with Crippen molar-refractivity contribution in [2.24, 2.45) is 0 Å². The SMILES string of the molecule is O=C(NCc1n[nH]c2ccccc12)c1cncc(Cc2ccc(N3CCCC3=O)cc2)c1. The normalized spacial score (nSPS) is 13.6. The van der Waals surface area contributed by atoms with Gasteiger partial charge in [-0.15, -0.1) is 0 Å². The van der Waals surface area contributed by atoms with Crippen molar-refractivity contribution in [1.29, 1.82) is 0 Å². The molecule has 0 spiro atoms. The standard InChI is InChI=1S/C25H23N5O2/c31-24-6-3-11-30(24)20-9-7-17(8-10-20)12-18-13-19(15-26-14-18)25(32)27-16-23-21-4-1-2-5-22(21)28-29-23/h1-2,4-5,7-10,13-15H,3,6,11-12,16H2,(H,27,32)(H,28,29). The fourth-order valence-electron chi connectivity index (χ4n) is 4.08. The number of aromatic nitrogens is 3. The van der Waals surface area contributed by atoms with Gasteiger partial charge in [-0.05, 0) is 48.2 Å². The smallest absolute Gasteiger partial charge is 0.253 e. The Hall–Kier alpha value is -4.00. The number of H-pyrrole nitrogens is 1. The number of carbonyl (C=O) groups is 2. The van der Waals surface area contributed by atoms with Crippen LogP contribution in [0.5, 0.6) is 0 Å². The van der Waals surface area contributed by atoms with Crippen LogP contribution in [0.1, 0.15) is 40.0 Å². The van der Waals surface area contributed by atoms with Crippen LogP contribution < -0.4 is 10.2 Å². The highest BCUT2D eigenvalue weighted by atomic mass is 16.2. The molecule has 2 amide bonds. The first-order valence-electron chi connectivity index (χ1n) is 10.7. The van der Waals surface area contributed by atoms with Crippen molar-refractivity contribution >= 4 is 28.4 Å². The number of pyridine rings is 1. The van der Waals surface area contributed by atoms with E-state index < -0.39 is 0 Å². The summed E-state index contributed by atoms with van der Waals surface area (Å²) in [6.07, 6.45) is 5.54. The third kappa shape index (κ3) is 4.09. The molecule has 2 aromatic carbocycles. The number of fused-ring (bicyclic) bond motifs is 1. The Morgan fingerprint density at radius 2 is 1.91 bits per heavy atom. The van der Waals surface area contributed by atoms with E-state index in [0.29, 0.717) is 24.9 Å². The molecule has 1 aliphatic rings. The molecule has 3 heterocycles. The van der Waals surface area contributed by atoms with Gasteiger partial charge in [-0.2, -0.15) is 5.10 Å². The zero-order chi connectivity index (χ0) is 21.9. The number of nitrogens with zero attached hydrogens (tertiary/aromatic N) is 3. The van der Waals surface area contributed by atoms with Crippen LogP contribution in [0.2, 0.25) is 0 Å². The molecule has 2 aromatic heterocycles. The van der Waals surface area contributed by atoms with Gasteiger partial charge >= 0.3 is 0 Å². The molecule has 7 heteroatoms. The van der Waals surface area contributed by atoms with Crippen molar-refractivity contribution in [3.05, 3.63) is 89.4 Å². The molecule has 4 aromatic rings. The van der Waals surface area contributed by atoms with Crippen molar-refractivity contribution in [2.75, 3.05) is 11.4 Å². The highest BCUT2D eigenvalue weighted by Gasteiger charge is 2.21. The molecule has 160 valence electrons. The van der Waals surface area contributed by atoms with Crippen molar-refractivity contribution in [3.8, 4) is 0 Å². The number of nitrogens with one attached hydrogen (secondary N) is 2. The fourth-order valence-corrected chi connectivity index (χ4v) is 4.08. The molecule has 0 radical (unpaired) electrons. The number of rotatable bonds is 6. The van der Waals surface area contributed by atoms with E-state index in [4.69, 9.17) is 0 Å². The highest BCUT2D eigenvalue weighted by molar-refractivity contribution is 5.95. The third-order valence-corrected chi connectivity index (χ3v) is 5.75. The van der Waals surface area contributed by atoms with E-state index in [1.54, 1.807) is 12.4 Å². The van der Waals surface area contributed by atoms with E-state index in [1.165, 1.54) is 0 Å². The van der Waals surface area contributed by atoms with E-state index in [-0.39, 0.29) is 11.8 Å². The first kappa shape index (κ1) is 19.9. The third-order valence-electron chi connectivity index (χ3n) is 5.75. The van der Waals surface area contributed by atoms with Gasteiger partial charge in [-0.1, -0.05) is 30.3 Å². The lowest BCUT2D eigenvalue weighted by atomic mass is 10.0. The molecular formula is C25H23N5O2. The van der Waals surface area contributed by atoms with Crippen LogP contribution in [-0.2, 0) is 17.8 Å². The lowest BCUT2D eigenvalue weighted by Gasteiger charge is -2.16. The predicted octanol–water partition coefficient (Wildman–Crippen LogP) is 3.61. The maximum absolute atomic E-state index is 12.7. The van der Waals surface area contributed by atoms with E-state index in [0.717, 1.165) is 46.4 Å². The number of anilines is 1. The van der Waals surface area contributed by atoms with Gasteiger partial charge in [-0.3, -0.25) is 19.7 Å². The number of hydrogen-bond donors (Lipinski definition) is 2. The van der Waals surface area contributed by atoms with Gasteiger partial charge in [0.25, 0.3) is 5.91 Å². The number of hydrogen-bond acceptors (Lipinski definition) is 4. The zero-order valence-corrected chi connectivity index (χ0v) is 17.5. The predicted molar refractivity (Wildman–Crippen MR) is 122 cm³/mol. The average Bonchev–Trinajstić information content (AvgIpc) is 3.44. The average molecular weight is 425 g/mol. The second-order valence-corrected chi connectivity index (χ2v) is 7.97. The number of benzene rings is 2. The minimum absolute atomic E-state index is 0.184. The van der Waals surface area contributed by atoms with Gasteiger partial charge in [0.1, 0.15) is 0 Å². The van der Waals surface area contributed by atoms with E-state index in [9.17, 15) is 9.59 Å². The molecule has 0 unspecified atom stereocenters. The number of aromatic amines is 1. The van der Waals surface area contributed by atoms with Crippen LogP contribution in [0.25, 0.3) is 10.9 Å². The summed E-state index contributed by atoms with van der Waals surface area (Å²) in [5, 5.41) is 11.2. The minimum Gasteiger partial charge on any atom is -0.346 e. The lowest BCUT2D eigenvalue weighted by molar-refractivity contribution is -0.117. The molecular weight excluding hydrogens is 402 g/mol. The molecule has 1 fully saturated rings. The second-order valence-electron chi connectivity index (χ2n) is 7.97. The quantitative estimate of drug-likeness (QED) is 0.494. The first-order chi connectivity index (χ1) is 15.7. The van der Waals surface area contributed by atoms with Crippen molar-refractivity contribution < 1.29 is 9.59 Å². The van der Waals surface area contributed by atoms with Crippen LogP contribution in [0, 0.1) is 0 Å². The molecule has 7 nitrogen and oxygen atoms in total. The molecule has 0 atom stereocenters. The summed E-state index contributed by atoms with van der Waals surface area (Å²) in [5.41, 5.74) is 5.25. The first-order valence-corrected chi connectivity index (χ1v) is 10.7. The van der Waals surface area contributed by atoms with Crippen LogP contribution in [0.4, 0.5) is 5.69 Å². The number of carbonyl (C=O) groups excluding carboxylic acids is 2. The van der Waals surface area contributed by atoms with E-state index in [1.807, 2.05) is 59.5 Å². The second kappa shape index (κ2) is 8.63. The van der Waals surface area contributed by atoms with Crippen molar-refractivity contribution in [1.82, 2.24) is 20.5 Å². The summed E-state index contributed by atoms with van der Waals surface area (Å²) in [7, 11) is 0. The largest absolute Gasteiger partial charge is 0.346 e. The van der Waals surface area contributed by atoms with E-state index >= 15 is 0 Å². The maximum Gasteiger partial charge on any atom is 0.253 e. The Labute approximate surface area is 185 Å². The van der Waals surface area contributed by atoms with Crippen LogP contribution >= 0.6 is 0 Å². The summed E-state index contributed by atoms with van der Waals surface area (Å²) in [6, 6.07) is 17.7.